The Balaban J connectivity index is 1.64. The number of aliphatic carboxylic acids is 1. The van der Waals surface area contributed by atoms with Gasteiger partial charge in [-0.15, -0.1) is 0 Å². The third-order valence-corrected chi connectivity index (χ3v) is 6.67. The van der Waals surface area contributed by atoms with E-state index in [9.17, 15) is 9.59 Å². The minimum atomic E-state index is -0.906. The van der Waals surface area contributed by atoms with Crippen LogP contribution in [-0.4, -0.2) is 28.4 Å². The summed E-state index contributed by atoms with van der Waals surface area (Å²) in [5.41, 5.74) is 12.8. The Morgan fingerprint density at radius 1 is 1.21 bits per heavy atom. The summed E-state index contributed by atoms with van der Waals surface area (Å²) in [4.78, 5) is 29.1. The lowest BCUT2D eigenvalue weighted by atomic mass is 9.94. The molecule has 1 aliphatic carbocycles. The van der Waals surface area contributed by atoms with E-state index in [2.05, 4.69) is 11.6 Å². The number of rotatable bonds is 10. The fraction of sp³-hybridized carbons (Fsp3) is 0.281. The van der Waals surface area contributed by atoms with Crippen molar-refractivity contribution in [2.45, 2.75) is 47.0 Å². The van der Waals surface area contributed by atoms with Crippen LogP contribution in [0.3, 0.4) is 0 Å². The van der Waals surface area contributed by atoms with Gasteiger partial charge in [-0.25, -0.2) is 4.98 Å². The quantitative estimate of drug-likeness (QED) is 0.272. The lowest BCUT2D eigenvalue weighted by Crippen LogP contribution is -2.21. The van der Waals surface area contributed by atoms with Crippen LogP contribution in [0.4, 0.5) is 0 Å². The average Bonchev–Trinajstić information content (AvgIpc) is 3.72. The van der Waals surface area contributed by atoms with Gasteiger partial charge in [0.25, 0.3) is 0 Å². The molecule has 2 heterocycles. The number of carboxylic acid groups (broad SMARTS) is 1. The number of aromatic nitrogens is 1. The van der Waals surface area contributed by atoms with E-state index in [-0.39, 0.29) is 24.7 Å². The number of carbonyl (C=O) groups is 2. The molecule has 7 nitrogen and oxygen atoms in total. The predicted molar refractivity (Wildman–Crippen MR) is 152 cm³/mol. The molecule has 0 unspecified atom stereocenters. The molecule has 1 fully saturated rings. The Bertz CT molecular complexity index is 1470. The van der Waals surface area contributed by atoms with Gasteiger partial charge in [-0.1, -0.05) is 30.9 Å². The van der Waals surface area contributed by atoms with Crippen LogP contribution in [-0.2, 0) is 16.0 Å². The first-order valence-corrected chi connectivity index (χ1v) is 13.0. The summed E-state index contributed by atoms with van der Waals surface area (Å²) in [5.74, 6) is 0.492. The average molecular weight is 527 g/mol. The Kier molecular flexibility index (Phi) is 8.19. The summed E-state index contributed by atoms with van der Waals surface area (Å²) in [6.07, 6.45) is 7.42. The van der Waals surface area contributed by atoms with E-state index < -0.39 is 5.97 Å². The molecule has 0 radical (unpaired) electrons. The summed E-state index contributed by atoms with van der Waals surface area (Å²) < 4.78 is 12.2. The normalized spacial score (nSPS) is 15.6. The largest absolute Gasteiger partial charge is 0.481 e. The van der Waals surface area contributed by atoms with Gasteiger partial charge in [0.2, 0.25) is 5.88 Å². The molecule has 0 spiro atoms. The van der Waals surface area contributed by atoms with Crippen LogP contribution in [0.25, 0.3) is 11.6 Å². The van der Waals surface area contributed by atoms with Crippen molar-refractivity contribution in [1.29, 1.82) is 0 Å². The van der Waals surface area contributed by atoms with Gasteiger partial charge < -0.3 is 20.3 Å². The van der Waals surface area contributed by atoms with Crippen molar-refractivity contribution in [3.63, 3.8) is 0 Å². The second kappa shape index (κ2) is 11.6. The number of benzene rings is 1. The highest BCUT2D eigenvalue weighted by Gasteiger charge is 2.34. The number of carbonyl (C=O) groups excluding carboxylic acids is 1. The molecule has 1 saturated carbocycles. The van der Waals surface area contributed by atoms with Crippen molar-refractivity contribution in [2.75, 3.05) is 6.61 Å². The maximum Gasteiger partial charge on any atom is 0.307 e. The topological polar surface area (TPSA) is 112 Å². The smallest absolute Gasteiger partial charge is 0.307 e. The summed E-state index contributed by atoms with van der Waals surface area (Å²) in [6, 6.07) is 8.80. The Morgan fingerprint density at radius 3 is 2.59 bits per heavy atom. The number of ether oxygens (including phenoxy) is 2. The third-order valence-electron chi connectivity index (χ3n) is 6.67. The van der Waals surface area contributed by atoms with E-state index in [4.69, 9.17) is 20.3 Å². The van der Waals surface area contributed by atoms with Crippen LogP contribution < -0.4 is 15.2 Å². The maximum absolute atomic E-state index is 13.3. The molecule has 1 aromatic carbocycles. The molecule has 7 heteroatoms. The third kappa shape index (κ3) is 6.37. The van der Waals surface area contributed by atoms with E-state index in [1.54, 1.807) is 24.3 Å². The molecule has 2 aliphatic rings. The van der Waals surface area contributed by atoms with Crippen molar-refractivity contribution < 1.29 is 24.2 Å². The van der Waals surface area contributed by atoms with Crippen molar-refractivity contribution in [3.8, 4) is 17.4 Å². The highest BCUT2D eigenvalue weighted by atomic mass is 16.5. The lowest BCUT2D eigenvalue weighted by molar-refractivity contribution is -0.136. The molecule has 0 bridgehead atoms. The van der Waals surface area contributed by atoms with Crippen LogP contribution in [0.1, 0.15) is 57.4 Å². The minimum absolute atomic E-state index is 0.00122. The Hall–Kier alpha value is -4.39. The van der Waals surface area contributed by atoms with Gasteiger partial charge in [-0.3, -0.25) is 9.59 Å². The molecule has 202 valence electrons. The van der Waals surface area contributed by atoms with Gasteiger partial charge in [0.1, 0.15) is 18.1 Å². The zero-order valence-electron chi connectivity index (χ0n) is 22.8. The second-order valence-electron chi connectivity index (χ2n) is 10.0. The van der Waals surface area contributed by atoms with Gasteiger partial charge in [-0.05, 0) is 81.0 Å². The number of pyridine rings is 1. The van der Waals surface area contributed by atoms with Crippen LogP contribution in [0.15, 0.2) is 77.1 Å². The van der Waals surface area contributed by atoms with Gasteiger partial charge in [-0.2, -0.15) is 0 Å². The molecule has 1 aliphatic heterocycles. The van der Waals surface area contributed by atoms with Crippen LogP contribution in [0.5, 0.6) is 17.4 Å². The number of ketones is 1. The molecule has 0 saturated heterocycles. The number of Topliss-reactive ketones (excluding diaryl/α,β-unsaturated/α-hetero) is 1. The first-order valence-electron chi connectivity index (χ1n) is 13.0. The van der Waals surface area contributed by atoms with Gasteiger partial charge >= 0.3 is 5.97 Å². The SMILES string of the molecule is C=C(C)/C(C(N)=C(COc1ccc2c(n1)C(C)=Cc1ccc(CC(=O)O)cc1O2)C(=O)C1CC1)=C(C)\C=C/C. The van der Waals surface area contributed by atoms with Gasteiger partial charge in [0.05, 0.1) is 12.0 Å². The predicted octanol–water partition coefficient (Wildman–Crippen LogP) is 6.41. The molecule has 0 amide bonds. The molecular weight excluding hydrogens is 492 g/mol. The summed E-state index contributed by atoms with van der Waals surface area (Å²) in [6.45, 7) is 11.7. The fourth-order valence-corrected chi connectivity index (χ4v) is 4.65. The number of hydrogen-bond acceptors (Lipinski definition) is 6. The van der Waals surface area contributed by atoms with Crippen LogP contribution >= 0.6 is 0 Å². The van der Waals surface area contributed by atoms with Crippen LogP contribution in [0.2, 0.25) is 0 Å². The summed E-state index contributed by atoms with van der Waals surface area (Å²) >= 11 is 0. The first-order chi connectivity index (χ1) is 18.6. The second-order valence-corrected chi connectivity index (χ2v) is 10.0. The van der Waals surface area contributed by atoms with E-state index in [0.717, 1.165) is 40.7 Å². The molecule has 4 rings (SSSR count). The molecule has 39 heavy (non-hydrogen) atoms. The number of fused-ring (bicyclic) bond motifs is 2. The van der Waals surface area contributed by atoms with Gasteiger partial charge in [0, 0.05) is 28.8 Å². The van der Waals surface area contributed by atoms with E-state index in [0.29, 0.717) is 39.9 Å². The maximum atomic E-state index is 13.3. The Labute approximate surface area is 229 Å². The molecular formula is C32H34N2O5. The number of allylic oxidation sites excluding steroid dienone is 5. The summed E-state index contributed by atoms with van der Waals surface area (Å²) in [5, 5.41) is 9.14. The number of nitrogens with zero attached hydrogens (tertiary/aromatic N) is 1. The zero-order valence-corrected chi connectivity index (χ0v) is 22.8. The monoisotopic (exact) mass is 526 g/mol. The van der Waals surface area contributed by atoms with Gasteiger partial charge in [0.15, 0.2) is 11.5 Å². The number of carboxylic acids is 1. The lowest BCUT2D eigenvalue weighted by Gasteiger charge is -2.17. The minimum Gasteiger partial charge on any atom is -0.481 e. The standard InChI is InChI=1S/C32H34N2O5/c1-6-7-19(4)29(18(2)3)30(33)24(32(37)22-10-11-22)17-38-27-13-12-25-31(34-27)20(5)14-23-9-8-21(16-28(35)36)15-26(23)39-25/h6-9,12-15,22H,2,10-11,16-17,33H2,1,3-5H3,(H,35,36)/b7-6-,29-19+,30-24?. The molecule has 0 atom stereocenters. The first kappa shape index (κ1) is 27.6. The molecule has 2 aromatic rings. The highest BCUT2D eigenvalue weighted by Crippen LogP contribution is 2.39. The van der Waals surface area contributed by atoms with E-state index in [1.165, 1.54) is 0 Å². The molecule has 3 N–H and O–H groups in total. The Morgan fingerprint density at radius 2 is 1.95 bits per heavy atom. The number of nitrogens with two attached hydrogens (primary N) is 1. The van der Waals surface area contributed by atoms with E-state index in [1.807, 2.05) is 52.0 Å². The zero-order chi connectivity index (χ0) is 28.3. The van der Waals surface area contributed by atoms with Crippen molar-refractivity contribution in [3.05, 3.63) is 93.9 Å². The van der Waals surface area contributed by atoms with Crippen molar-refractivity contribution in [2.24, 2.45) is 11.7 Å². The summed E-state index contributed by atoms with van der Waals surface area (Å²) in [7, 11) is 0. The van der Waals surface area contributed by atoms with Crippen LogP contribution in [0, 0.1) is 5.92 Å². The fourth-order valence-electron chi connectivity index (χ4n) is 4.65. The van der Waals surface area contributed by atoms with Crippen molar-refractivity contribution in [1.82, 2.24) is 4.98 Å². The highest BCUT2D eigenvalue weighted by molar-refractivity contribution is 6.00. The van der Waals surface area contributed by atoms with Crippen molar-refractivity contribution >= 4 is 23.4 Å². The van der Waals surface area contributed by atoms with E-state index >= 15 is 0 Å². The number of hydrogen-bond donors (Lipinski definition) is 2. The molecule has 1 aromatic heterocycles.